The van der Waals surface area contributed by atoms with Crippen molar-refractivity contribution in [1.82, 2.24) is 4.90 Å². The molecule has 2 aliphatic heterocycles. The summed E-state index contributed by atoms with van der Waals surface area (Å²) in [6.45, 7) is 10.4. The van der Waals surface area contributed by atoms with Crippen molar-refractivity contribution in [2.75, 3.05) is 19.7 Å². The Hall–Kier alpha value is -1.56. The lowest BCUT2D eigenvalue weighted by Gasteiger charge is -2.73. The number of ether oxygens (including phenoxy) is 1. The molecular weight excluding hydrogens is 426 g/mol. The van der Waals surface area contributed by atoms with Crippen LogP contribution in [0.2, 0.25) is 0 Å². The van der Waals surface area contributed by atoms with E-state index in [0.29, 0.717) is 11.8 Å². The second-order valence-corrected chi connectivity index (χ2v) is 13.6. The molecule has 1 aromatic carbocycles. The lowest BCUT2D eigenvalue weighted by Crippen LogP contribution is -2.79. The summed E-state index contributed by atoms with van der Waals surface area (Å²) in [7, 11) is 0. The minimum absolute atomic E-state index is 0.0660. The number of fused-ring (bicyclic) bond motifs is 1. The molecule has 0 amide bonds. The van der Waals surface area contributed by atoms with E-state index in [9.17, 15) is 15.3 Å². The number of hydrogen-bond donors (Lipinski definition) is 3. The van der Waals surface area contributed by atoms with Gasteiger partial charge in [0.2, 0.25) is 0 Å². The Morgan fingerprint density at radius 1 is 1.15 bits per heavy atom. The van der Waals surface area contributed by atoms with Crippen molar-refractivity contribution in [3.05, 3.63) is 35.4 Å². The Morgan fingerprint density at radius 2 is 1.91 bits per heavy atom. The average molecular weight is 466 g/mol. The number of piperidine rings is 1. The minimum Gasteiger partial charge on any atom is -0.504 e. The third-order valence-electron chi connectivity index (χ3n) is 11.5. The van der Waals surface area contributed by atoms with Crippen LogP contribution in [0.1, 0.15) is 64.5 Å². The van der Waals surface area contributed by atoms with Crippen LogP contribution in [0.4, 0.5) is 0 Å². The molecule has 184 valence electrons. The van der Waals surface area contributed by atoms with Gasteiger partial charge in [-0.05, 0) is 68.5 Å². The van der Waals surface area contributed by atoms with Crippen LogP contribution in [0.25, 0.3) is 0 Å². The van der Waals surface area contributed by atoms with Crippen molar-refractivity contribution in [2.45, 2.75) is 83.0 Å². The number of rotatable bonds is 4. The van der Waals surface area contributed by atoms with Crippen molar-refractivity contribution in [1.29, 1.82) is 0 Å². The molecule has 0 unspecified atom stereocenters. The second-order valence-electron chi connectivity index (χ2n) is 13.6. The topological polar surface area (TPSA) is 73.2 Å². The minimum atomic E-state index is -0.995. The van der Waals surface area contributed by atoms with Gasteiger partial charge in [-0.1, -0.05) is 39.0 Å². The highest BCUT2D eigenvalue weighted by molar-refractivity contribution is 5.64. The van der Waals surface area contributed by atoms with Crippen molar-refractivity contribution in [2.24, 2.45) is 28.1 Å². The van der Waals surface area contributed by atoms with Gasteiger partial charge in [-0.25, -0.2) is 0 Å². The molecule has 7 atom stereocenters. The van der Waals surface area contributed by atoms with E-state index in [0.717, 1.165) is 38.3 Å². The molecule has 34 heavy (non-hydrogen) atoms. The van der Waals surface area contributed by atoms with Gasteiger partial charge < -0.3 is 20.1 Å². The number of aliphatic hydroxyl groups excluding tert-OH is 1. The van der Waals surface area contributed by atoms with Gasteiger partial charge in [0.05, 0.1) is 17.6 Å². The monoisotopic (exact) mass is 465 g/mol. The van der Waals surface area contributed by atoms with Crippen molar-refractivity contribution in [3.63, 3.8) is 0 Å². The molecule has 2 heterocycles. The smallest absolute Gasteiger partial charge is 0.165 e. The lowest BCUT2D eigenvalue weighted by atomic mass is 9.33. The van der Waals surface area contributed by atoms with E-state index in [1.54, 1.807) is 6.07 Å². The van der Waals surface area contributed by atoms with Gasteiger partial charge in [0.1, 0.15) is 6.10 Å². The van der Waals surface area contributed by atoms with Gasteiger partial charge in [-0.15, -0.1) is 0 Å². The largest absolute Gasteiger partial charge is 0.504 e. The zero-order chi connectivity index (χ0) is 23.9. The molecule has 2 spiro atoms. The van der Waals surface area contributed by atoms with Gasteiger partial charge in [-0.2, -0.15) is 0 Å². The molecule has 3 fully saturated rings. The molecule has 2 saturated carbocycles. The maximum Gasteiger partial charge on any atom is 0.165 e. The normalized spacial score (nSPS) is 43.4. The summed E-state index contributed by atoms with van der Waals surface area (Å²) in [4.78, 5) is 2.75. The fourth-order valence-corrected chi connectivity index (χ4v) is 9.10. The Labute approximate surface area is 202 Å². The van der Waals surface area contributed by atoms with Crippen LogP contribution < -0.4 is 4.74 Å². The van der Waals surface area contributed by atoms with Gasteiger partial charge in [0.25, 0.3) is 0 Å². The number of aromatic hydroxyl groups is 1. The number of phenols is 1. The highest BCUT2D eigenvalue weighted by Gasteiger charge is 2.80. The summed E-state index contributed by atoms with van der Waals surface area (Å²) in [6, 6.07) is 4.26. The fraction of sp³-hybridized carbons (Fsp3) is 0.724. The standard InChI is InChI=1S/C29H39NO4/c1-25(2,3)26(4,33)20-14-28-10-9-27(20,16-31)24-29(28)11-12-30(15-17-5-6-17)21(28)13-18-7-8-19(32)23(34-24)22(18)29/h7-10,17,20-21,24,31-33H,5-6,11-16H2,1-4H3/t20-,21-,24+,26+,27-,28-,29+/m1/s1. The predicted octanol–water partition coefficient (Wildman–Crippen LogP) is 3.78. The van der Waals surface area contributed by atoms with Crippen LogP contribution in [-0.4, -0.2) is 57.7 Å². The van der Waals surface area contributed by atoms with Crippen molar-refractivity contribution in [3.8, 4) is 11.5 Å². The SMILES string of the molecule is CC(C)(C)[C@@](C)(O)[C@H]1C[C@@]23C=C[C@]1(CO)[C@@H]1Oc4c(O)ccc5c4[C@@]12CCN(CC1CC1)[C@@H]3C5. The predicted molar refractivity (Wildman–Crippen MR) is 130 cm³/mol. The summed E-state index contributed by atoms with van der Waals surface area (Å²) >= 11 is 0. The molecule has 0 aromatic heterocycles. The summed E-state index contributed by atoms with van der Waals surface area (Å²) in [5, 5.41) is 34.1. The Kier molecular flexibility index (Phi) is 3.97. The Balaban J connectivity index is 1.49. The Morgan fingerprint density at radius 3 is 2.59 bits per heavy atom. The number of likely N-dealkylation sites (tertiary alicyclic amines) is 1. The van der Waals surface area contributed by atoms with Gasteiger partial charge in [0, 0.05) is 34.9 Å². The molecule has 8 rings (SSSR count). The van der Waals surface area contributed by atoms with Crippen LogP contribution in [-0.2, 0) is 11.8 Å². The van der Waals surface area contributed by atoms with E-state index in [1.165, 1.54) is 24.0 Å². The number of nitrogens with zero attached hydrogens (tertiary/aromatic N) is 1. The molecule has 4 bridgehead atoms. The van der Waals surface area contributed by atoms with E-state index in [1.807, 2.05) is 6.92 Å². The molecule has 1 aromatic rings. The summed E-state index contributed by atoms with van der Waals surface area (Å²) in [5.41, 5.74) is 0.0307. The summed E-state index contributed by atoms with van der Waals surface area (Å²) in [6.07, 6.45) is 9.83. The summed E-state index contributed by atoms with van der Waals surface area (Å²) < 4.78 is 6.81. The molecule has 0 radical (unpaired) electrons. The quantitative estimate of drug-likeness (QED) is 0.590. The number of phenolic OH excluding ortho intramolecular Hbond substituents is 1. The van der Waals surface area contributed by atoms with Crippen LogP contribution >= 0.6 is 0 Å². The van der Waals surface area contributed by atoms with Crippen molar-refractivity contribution < 1.29 is 20.1 Å². The van der Waals surface area contributed by atoms with E-state index in [4.69, 9.17) is 4.74 Å². The maximum absolute atomic E-state index is 12.1. The third kappa shape index (κ3) is 2.20. The first-order valence-electron chi connectivity index (χ1n) is 13.3. The van der Waals surface area contributed by atoms with Crippen LogP contribution in [0.3, 0.4) is 0 Å². The zero-order valence-corrected chi connectivity index (χ0v) is 21.0. The average Bonchev–Trinajstić information content (AvgIpc) is 3.53. The highest BCUT2D eigenvalue weighted by Crippen LogP contribution is 2.77. The van der Waals surface area contributed by atoms with Crippen LogP contribution in [0.5, 0.6) is 11.5 Å². The number of aliphatic hydroxyl groups is 2. The van der Waals surface area contributed by atoms with Crippen LogP contribution in [0.15, 0.2) is 24.3 Å². The van der Waals surface area contributed by atoms with E-state index >= 15 is 0 Å². The molecule has 5 nitrogen and oxygen atoms in total. The van der Waals surface area contributed by atoms with Gasteiger partial charge in [-0.3, -0.25) is 4.90 Å². The Bertz CT molecular complexity index is 1100. The van der Waals surface area contributed by atoms with Gasteiger partial charge >= 0.3 is 0 Å². The van der Waals surface area contributed by atoms with E-state index < -0.39 is 11.0 Å². The third-order valence-corrected chi connectivity index (χ3v) is 11.5. The molecular formula is C29H39NO4. The first kappa shape index (κ1) is 21.7. The van der Waals surface area contributed by atoms with Gasteiger partial charge in [0.15, 0.2) is 11.5 Å². The zero-order valence-electron chi connectivity index (χ0n) is 21.0. The first-order chi connectivity index (χ1) is 16.0. The molecule has 1 saturated heterocycles. The number of benzene rings is 1. The van der Waals surface area contributed by atoms with E-state index in [-0.39, 0.29) is 40.6 Å². The molecule has 5 heteroatoms. The van der Waals surface area contributed by atoms with E-state index in [2.05, 4.69) is 43.9 Å². The summed E-state index contributed by atoms with van der Waals surface area (Å²) in [5.74, 6) is 1.52. The highest BCUT2D eigenvalue weighted by atomic mass is 16.5. The molecule has 5 aliphatic carbocycles. The number of hydrogen-bond acceptors (Lipinski definition) is 5. The first-order valence-corrected chi connectivity index (χ1v) is 13.3. The fourth-order valence-electron chi connectivity index (χ4n) is 9.10. The second kappa shape index (κ2) is 6.22. The maximum atomic E-state index is 12.1. The van der Waals surface area contributed by atoms with Crippen LogP contribution in [0, 0.1) is 28.1 Å². The van der Waals surface area contributed by atoms with Crippen molar-refractivity contribution >= 4 is 0 Å². The molecule has 3 N–H and O–H groups in total. The molecule has 7 aliphatic rings. The lowest BCUT2D eigenvalue weighted by molar-refractivity contribution is -0.238.